The van der Waals surface area contributed by atoms with Crippen LogP contribution in [0.15, 0.2) is 54.7 Å². The molecule has 132 valence electrons. The molecule has 0 saturated carbocycles. The molecule has 3 rings (SSSR count). The maximum Gasteiger partial charge on any atom is 0.255 e. The van der Waals surface area contributed by atoms with Crippen molar-refractivity contribution in [2.45, 2.75) is 13.8 Å². The summed E-state index contributed by atoms with van der Waals surface area (Å²) in [6.45, 7) is 3.96. The van der Waals surface area contributed by atoms with Gasteiger partial charge in [0.15, 0.2) is 11.6 Å². The van der Waals surface area contributed by atoms with Crippen LogP contribution in [0, 0.1) is 25.5 Å². The van der Waals surface area contributed by atoms with Crippen LogP contribution >= 0.6 is 0 Å². The zero-order valence-corrected chi connectivity index (χ0v) is 14.3. The smallest absolute Gasteiger partial charge is 0.255 e. The van der Waals surface area contributed by atoms with Crippen molar-refractivity contribution >= 4 is 23.1 Å². The highest BCUT2D eigenvalue weighted by Gasteiger charge is 2.10. The van der Waals surface area contributed by atoms with Gasteiger partial charge in [-0.2, -0.15) is 0 Å². The first kappa shape index (κ1) is 17.5. The highest BCUT2D eigenvalue weighted by molar-refractivity contribution is 6.04. The predicted molar refractivity (Wildman–Crippen MR) is 97.7 cm³/mol. The van der Waals surface area contributed by atoms with Gasteiger partial charge in [-0.15, -0.1) is 0 Å². The molecule has 0 saturated heterocycles. The first-order chi connectivity index (χ1) is 12.4. The zero-order chi connectivity index (χ0) is 18.7. The van der Waals surface area contributed by atoms with Crippen LogP contribution in [-0.4, -0.2) is 10.9 Å². The fraction of sp³-hybridized carbons (Fsp3) is 0.100. The maximum atomic E-state index is 13.3. The van der Waals surface area contributed by atoms with E-state index in [-0.39, 0.29) is 5.69 Å². The monoisotopic (exact) mass is 353 g/mol. The number of hydrogen-bond acceptors (Lipinski definition) is 3. The minimum Gasteiger partial charge on any atom is -0.340 e. The number of aromatic nitrogens is 1. The lowest BCUT2D eigenvalue weighted by atomic mass is 10.1. The topological polar surface area (TPSA) is 54.0 Å². The lowest BCUT2D eigenvalue weighted by Gasteiger charge is -2.11. The van der Waals surface area contributed by atoms with E-state index < -0.39 is 17.5 Å². The standard InChI is InChI=1S/C20H17F2N3O/c1-12-3-4-13(2)18(9-12)25-19-10-14(7-8-23-19)20(26)24-15-5-6-16(21)17(22)11-15/h3-11H,1-2H3,(H,23,25)(H,24,26). The van der Waals surface area contributed by atoms with Crippen LogP contribution in [0.25, 0.3) is 0 Å². The summed E-state index contributed by atoms with van der Waals surface area (Å²) in [5, 5.41) is 5.72. The molecule has 0 bridgehead atoms. The molecule has 4 nitrogen and oxygen atoms in total. The third kappa shape index (κ3) is 4.03. The average molecular weight is 353 g/mol. The molecule has 1 heterocycles. The second-order valence-electron chi connectivity index (χ2n) is 5.96. The summed E-state index contributed by atoms with van der Waals surface area (Å²) in [5.41, 5.74) is 3.57. The third-order valence-corrected chi connectivity index (χ3v) is 3.86. The van der Waals surface area contributed by atoms with Crippen molar-refractivity contribution in [3.8, 4) is 0 Å². The molecule has 0 unspecified atom stereocenters. The second-order valence-corrected chi connectivity index (χ2v) is 5.96. The molecule has 2 N–H and O–H groups in total. The molecule has 0 aliphatic heterocycles. The Hall–Kier alpha value is -3.28. The quantitative estimate of drug-likeness (QED) is 0.696. The minimum atomic E-state index is -1.02. The molecule has 0 aliphatic rings. The number of carbonyl (C=O) groups is 1. The van der Waals surface area contributed by atoms with Crippen molar-refractivity contribution in [3.63, 3.8) is 0 Å². The Morgan fingerprint density at radius 1 is 0.962 bits per heavy atom. The molecule has 0 aliphatic carbocycles. The fourth-order valence-corrected chi connectivity index (χ4v) is 2.43. The summed E-state index contributed by atoms with van der Waals surface area (Å²) in [6.07, 6.45) is 1.51. The summed E-state index contributed by atoms with van der Waals surface area (Å²) < 4.78 is 26.2. The van der Waals surface area contributed by atoms with Crippen LogP contribution in [0.4, 0.5) is 26.0 Å². The number of nitrogens with zero attached hydrogens (tertiary/aromatic N) is 1. The summed E-state index contributed by atoms with van der Waals surface area (Å²) in [7, 11) is 0. The van der Waals surface area contributed by atoms with Crippen molar-refractivity contribution in [2.75, 3.05) is 10.6 Å². The number of amides is 1. The Kier molecular flexibility index (Phi) is 4.93. The molecule has 1 amide bonds. The molecule has 2 aromatic carbocycles. The molecule has 0 atom stereocenters. The van der Waals surface area contributed by atoms with E-state index in [4.69, 9.17) is 0 Å². The first-order valence-electron chi connectivity index (χ1n) is 7.99. The summed E-state index contributed by atoms with van der Waals surface area (Å²) in [4.78, 5) is 16.6. The van der Waals surface area contributed by atoms with Crippen molar-refractivity contribution in [1.82, 2.24) is 4.98 Å². The Morgan fingerprint density at radius 2 is 1.77 bits per heavy atom. The van der Waals surface area contributed by atoms with Crippen molar-refractivity contribution in [3.05, 3.63) is 83.1 Å². The van der Waals surface area contributed by atoms with E-state index in [9.17, 15) is 13.6 Å². The first-order valence-corrected chi connectivity index (χ1v) is 7.99. The number of carbonyl (C=O) groups excluding carboxylic acids is 1. The summed E-state index contributed by atoms with van der Waals surface area (Å²) >= 11 is 0. The normalized spacial score (nSPS) is 10.5. The van der Waals surface area contributed by atoms with Gasteiger partial charge in [-0.05, 0) is 55.3 Å². The van der Waals surface area contributed by atoms with Crippen LogP contribution in [0.1, 0.15) is 21.5 Å². The van der Waals surface area contributed by atoms with Gasteiger partial charge in [0.2, 0.25) is 0 Å². The fourth-order valence-electron chi connectivity index (χ4n) is 2.43. The van der Waals surface area contributed by atoms with E-state index in [1.165, 1.54) is 12.3 Å². The zero-order valence-electron chi connectivity index (χ0n) is 14.3. The van der Waals surface area contributed by atoms with E-state index in [1.54, 1.807) is 12.1 Å². The number of benzene rings is 2. The summed E-state index contributed by atoms with van der Waals surface area (Å²) in [5.74, 6) is -1.92. The van der Waals surface area contributed by atoms with Gasteiger partial charge >= 0.3 is 0 Å². The Bertz CT molecular complexity index is 973. The van der Waals surface area contributed by atoms with Gasteiger partial charge in [0, 0.05) is 29.2 Å². The van der Waals surface area contributed by atoms with Crippen LogP contribution in [0.2, 0.25) is 0 Å². The highest BCUT2D eigenvalue weighted by Crippen LogP contribution is 2.21. The molecule has 0 spiro atoms. The number of aryl methyl sites for hydroxylation is 2. The van der Waals surface area contributed by atoms with Crippen molar-refractivity contribution < 1.29 is 13.6 Å². The second kappa shape index (κ2) is 7.31. The number of rotatable bonds is 4. The number of hydrogen-bond donors (Lipinski definition) is 2. The molecule has 6 heteroatoms. The third-order valence-electron chi connectivity index (χ3n) is 3.86. The highest BCUT2D eigenvalue weighted by atomic mass is 19.2. The van der Waals surface area contributed by atoms with Crippen LogP contribution in [-0.2, 0) is 0 Å². The molecule has 1 aromatic heterocycles. The molecule has 26 heavy (non-hydrogen) atoms. The average Bonchev–Trinajstić information content (AvgIpc) is 2.61. The molecular weight excluding hydrogens is 336 g/mol. The Balaban J connectivity index is 1.78. The van der Waals surface area contributed by atoms with Gasteiger partial charge in [0.05, 0.1) is 0 Å². The van der Waals surface area contributed by atoms with Gasteiger partial charge < -0.3 is 10.6 Å². The minimum absolute atomic E-state index is 0.176. The largest absolute Gasteiger partial charge is 0.340 e. The van der Waals surface area contributed by atoms with Crippen molar-refractivity contribution in [2.24, 2.45) is 0 Å². The summed E-state index contributed by atoms with van der Waals surface area (Å²) in [6, 6.07) is 12.3. The van der Waals surface area contributed by atoms with Crippen molar-refractivity contribution in [1.29, 1.82) is 0 Å². The lowest BCUT2D eigenvalue weighted by Crippen LogP contribution is -2.12. The Morgan fingerprint density at radius 3 is 2.54 bits per heavy atom. The van der Waals surface area contributed by atoms with Crippen LogP contribution < -0.4 is 10.6 Å². The number of halogens is 2. The van der Waals surface area contributed by atoms with E-state index in [1.807, 2.05) is 32.0 Å². The van der Waals surface area contributed by atoms with Gasteiger partial charge in [-0.1, -0.05) is 12.1 Å². The molecule has 0 fully saturated rings. The van der Waals surface area contributed by atoms with Gasteiger partial charge in [-0.3, -0.25) is 4.79 Å². The molecular formula is C20H17F2N3O. The number of pyridine rings is 1. The van der Waals surface area contributed by atoms with E-state index in [2.05, 4.69) is 15.6 Å². The van der Waals surface area contributed by atoms with Gasteiger partial charge in [0.1, 0.15) is 5.82 Å². The van der Waals surface area contributed by atoms with Gasteiger partial charge in [-0.25, -0.2) is 13.8 Å². The molecule has 0 radical (unpaired) electrons. The van der Waals surface area contributed by atoms with Crippen LogP contribution in [0.5, 0.6) is 0 Å². The van der Waals surface area contributed by atoms with Crippen LogP contribution in [0.3, 0.4) is 0 Å². The van der Waals surface area contributed by atoms with E-state index in [0.29, 0.717) is 11.4 Å². The lowest BCUT2D eigenvalue weighted by molar-refractivity contribution is 0.102. The number of nitrogens with one attached hydrogen (secondary N) is 2. The van der Waals surface area contributed by atoms with E-state index in [0.717, 1.165) is 28.9 Å². The SMILES string of the molecule is Cc1ccc(C)c(Nc2cc(C(=O)Nc3ccc(F)c(F)c3)ccn2)c1. The Labute approximate surface area is 149 Å². The maximum absolute atomic E-state index is 13.3. The number of anilines is 3. The predicted octanol–water partition coefficient (Wildman–Crippen LogP) is 4.97. The molecule has 3 aromatic rings. The van der Waals surface area contributed by atoms with E-state index >= 15 is 0 Å². The van der Waals surface area contributed by atoms with Gasteiger partial charge in [0.25, 0.3) is 5.91 Å².